The van der Waals surface area contributed by atoms with Crippen molar-refractivity contribution >= 4 is 6.21 Å². The second-order valence-electron chi connectivity index (χ2n) is 2.33. The van der Waals surface area contributed by atoms with Crippen LogP contribution in [0.5, 0.6) is 0 Å². The summed E-state index contributed by atoms with van der Waals surface area (Å²) >= 11 is 0. The van der Waals surface area contributed by atoms with Crippen molar-refractivity contribution in [3.05, 3.63) is 0 Å². The second kappa shape index (κ2) is 3.94. The molecule has 0 unspecified atom stereocenters. The molecule has 0 atom stereocenters. The Balaban J connectivity index is 2.00. The standard InChI is InChI=1S/C8H10NO/c1-2-6-10-9-7-8-4-3-5-8/h1,8H,3-6H2. The highest BCUT2D eigenvalue weighted by Crippen LogP contribution is 2.23. The number of hydrogen-bond acceptors (Lipinski definition) is 2. The molecule has 1 aliphatic rings. The summed E-state index contributed by atoms with van der Waals surface area (Å²) in [6, 6.07) is 0. The number of hydrogen-bond donors (Lipinski definition) is 0. The van der Waals surface area contributed by atoms with Crippen LogP contribution >= 0.6 is 0 Å². The molecular formula is C8H10NO. The normalized spacial score (nSPS) is 18.3. The van der Waals surface area contributed by atoms with Gasteiger partial charge in [0.2, 0.25) is 0 Å². The predicted molar refractivity (Wildman–Crippen MR) is 39.6 cm³/mol. The van der Waals surface area contributed by atoms with Crippen LogP contribution in [0.1, 0.15) is 19.3 Å². The predicted octanol–water partition coefficient (Wildman–Crippen LogP) is 1.30. The summed E-state index contributed by atoms with van der Waals surface area (Å²) in [7, 11) is 0. The maximum Gasteiger partial charge on any atom is 0.177 e. The minimum atomic E-state index is 0.250. The van der Waals surface area contributed by atoms with E-state index in [2.05, 4.69) is 22.1 Å². The molecule has 2 heteroatoms. The fourth-order valence-corrected chi connectivity index (χ4v) is 0.719. The van der Waals surface area contributed by atoms with Crippen molar-refractivity contribution < 1.29 is 4.84 Å². The molecule has 0 saturated heterocycles. The van der Waals surface area contributed by atoms with E-state index in [9.17, 15) is 0 Å². The molecule has 0 heterocycles. The molecule has 0 aromatic heterocycles. The van der Waals surface area contributed by atoms with Gasteiger partial charge in [-0.15, -0.1) is 6.42 Å². The fraction of sp³-hybridized carbons (Fsp3) is 0.625. The first-order valence-electron chi connectivity index (χ1n) is 3.44. The van der Waals surface area contributed by atoms with Gasteiger partial charge in [-0.25, -0.2) is 0 Å². The van der Waals surface area contributed by atoms with Gasteiger partial charge < -0.3 is 4.84 Å². The maximum absolute atomic E-state index is 4.93. The minimum Gasteiger partial charge on any atom is -0.382 e. The molecule has 0 amide bonds. The summed E-state index contributed by atoms with van der Waals surface area (Å²) in [5, 5.41) is 3.59. The van der Waals surface area contributed by atoms with E-state index in [1.54, 1.807) is 0 Å². The van der Waals surface area contributed by atoms with E-state index in [4.69, 9.17) is 6.42 Å². The van der Waals surface area contributed by atoms with Crippen LogP contribution in [0.25, 0.3) is 0 Å². The smallest absolute Gasteiger partial charge is 0.177 e. The van der Waals surface area contributed by atoms with Gasteiger partial charge in [-0.05, 0) is 12.8 Å². The van der Waals surface area contributed by atoms with Crippen molar-refractivity contribution in [1.29, 1.82) is 0 Å². The first-order valence-corrected chi connectivity index (χ1v) is 3.44. The Morgan fingerprint density at radius 2 is 2.40 bits per heavy atom. The fourth-order valence-electron chi connectivity index (χ4n) is 0.719. The first kappa shape index (κ1) is 7.14. The zero-order valence-electron chi connectivity index (χ0n) is 5.84. The number of rotatable bonds is 3. The van der Waals surface area contributed by atoms with Gasteiger partial charge in [0.05, 0.1) is 0 Å². The van der Waals surface area contributed by atoms with Gasteiger partial charge in [-0.3, -0.25) is 0 Å². The molecule has 2 nitrogen and oxygen atoms in total. The van der Waals surface area contributed by atoms with Crippen LogP contribution < -0.4 is 0 Å². The highest BCUT2D eigenvalue weighted by molar-refractivity contribution is 5.60. The van der Waals surface area contributed by atoms with Crippen molar-refractivity contribution in [1.82, 2.24) is 0 Å². The van der Waals surface area contributed by atoms with Gasteiger partial charge >= 0.3 is 0 Å². The van der Waals surface area contributed by atoms with Crippen LogP contribution in [-0.2, 0) is 4.84 Å². The molecule has 0 N–H and O–H groups in total. The molecule has 1 aliphatic carbocycles. The molecule has 1 rings (SSSR count). The molecule has 1 fully saturated rings. The van der Waals surface area contributed by atoms with Crippen LogP contribution in [0.15, 0.2) is 5.16 Å². The van der Waals surface area contributed by atoms with Crippen molar-refractivity contribution in [2.45, 2.75) is 19.3 Å². The molecule has 10 heavy (non-hydrogen) atoms. The van der Waals surface area contributed by atoms with Crippen LogP contribution in [0, 0.1) is 18.3 Å². The average Bonchev–Trinajstić information content (AvgIpc) is 1.84. The summed E-state index contributed by atoms with van der Waals surface area (Å²) < 4.78 is 0. The molecule has 0 spiro atoms. The Bertz CT molecular complexity index is 153. The molecule has 0 aromatic carbocycles. The van der Waals surface area contributed by atoms with E-state index < -0.39 is 0 Å². The SMILES string of the molecule is C#CCO/N=[C]/C1CCC1. The highest BCUT2D eigenvalue weighted by Gasteiger charge is 2.15. The molecule has 53 valence electrons. The topological polar surface area (TPSA) is 21.6 Å². The molecule has 1 radical (unpaired) electrons. The molecule has 0 aromatic rings. The van der Waals surface area contributed by atoms with Gasteiger partial charge in [0.25, 0.3) is 0 Å². The quantitative estimate of drug-likeness (QED) is 0.248. The van der Waals surface area contributed by atoms with Crippen LogP contribution in [0.3, 0.4) is 0 Å². The van der Waals surface area contributed by atoms with E-state index in [1.165, 1.54) is 19.3 Å². The van der Waals surface area contributed by atoms with Gasteiger partial charge in [-0.2, -0.15) is 0 Å². The molecular weight excluding hydrogens is 126 g/mol. The lowest BCUT2D eigenvalue weighted by Gasteiger charge is -2.18. The zero-order chi connectivity index (χ0) is 7.23. The third-order valence-electron chi connectivity index (χ3n) is 1.55. The Morgan fingerprint density at radius 3 is 2.90 bits per heavy atom. The zero-order valence-corrected chi connectivity index (χ0v) is 5.84. The van der Waals surface area contributed by atoms with Crippen molar-refractivity contribution in [2.75, 3.05) is 6.61 Å². The minimum absolute atomic E-state index is 0.250. The summed E-state index contributed by atoms with van der Waals surface area (Å²) in [4.78, 5) is 4.67. The second-order valence-corrected chi connectivity index (χ2v) is 2.33. The van der Waals surface area contributed by atoms with Gasteiger partial charge in [0.15, 0.2) is 6.61 Å². The van der Waals surface area contributed by atoms with Crippen LogP contribution in [0.2, 0.25) is 0 Å². The van der Waals surface area contributed by atoms with Crippen LogP contribution in [0.4, 0.5) is 0 Å². The van der Waals surface area contributed by atoms with Gasteiger partial charge in [-0.1, -0.05) is 17.5 Å². The van der Waals surface area contributed by atoms with Crippen molar-refractivity contribution in [3.8, 4) is 12.3 Å². The van der Waals surface area contributed by atoms with E-state index >= 15 is 0 Å². The summed E-state index contributed by atoms with van der Waals surface area (Å²) in [6.45, 7) is 0.250. The summed E-state index contributed by atoms with van der Waals surface area (Å²) in [6.07, 6.45) is 11.5. The third-order valence-corrected chi connectivity index (χ3v) is 1.55. The summed E-state index contributed by atoms with van der Waals surface area (Å²) in [5.74, 6) is 2.85. The Hall–Kier alpha value is -0.970. The monoisotopic (exact) mass is 136 g/mol. The van der Waals surface area contributed by atoms with E-state index in [0.29, 0.717) is 5.92 Å². The van der Waals surface area contributed by atoms with Crippen molar-refractivity contribution in [2.24, 2.45) is 11.1 Å². The van der Waals surface area contributed by atoms with E-state index in [0.717, 1.165) is 0 Å². The first-order chi connectivity index (χ1) is 4.93. The Labute approximate surface area is 61.3 Å². The molecule has 0 aliphatic heterocycles. The van der Waals surface area contributed by atoms with Gasteiger partial charge in [0.1, 0.15) is 6.21 Å². The lowest BCUT2D eigenvalue weighted by atomic mass is 9.87. The summed E-state index contributed by atoms with van der Waals surface area (Å²) in [5.41, 5.74) is 0. The van der Waals surface area contributed by atoms with Gasteiger partial charge in [0, 0.05) is 5.92 Å². The van der Waals surface area contributed by atoms with E-state index in [1.807, 2.05) is 0 Å². The van der Waals surface area contributed by atoms with Crippen LogP contribution in [-0.4, -0.2) is 12.8 Å². The maximum atomic E-state index is 4.93. The average molecular weight is 136 g/mol. The lowest BCUT2D eigenvalue weighted by molar-refractivity contribution is 0.178. The van der Waals surface area contributed by atoms with Crippen molar-refractivity contribution in [3.63, 3.8) is 0 Å². The Morgan fingerprint density at radius 1 is 1.60 bits per heavy atom. The molecule has 1 saturated carbocycles. The third kappa shape index (κ3) is 2.10. The van der Waals surface area contributed by atoms with E-state index in [-0.39, 0.29) is 6.61 Å². The Kier molecular flexibility index (Phi) is 2.82. The highest BCUT2D eigenvalue weighted by atomic mass is 16.6. The number of nitrogens with zero attached hydrogens (tertiary/aromatic N) is 1. The molecule has 0 bridgehead atoms. The number of terminal acetylenes is 1. The lowest BCUT2D eigenvalue weighted by Crippen LogP contribution is -2.11. The largest absolute Gasteiger partial charge is 0.382 e.